The van der Waals surface area contributed by atoms with Gasteiger partial charge in [-0.3, -0.25) is 16.0 Å². The first kappa shape index (κ1) is 13.8. The van der Waals surface area contributed by atoms with Gasteiger partial charge < -0.3 is 4.42 Å². The van der Waals surface area contributed by atoms with Gasteiger partial charge in [0.25, 0.3) is 0 Å². The molecule has 0 aliphatic rings. The van der Waals surface area contributed by atoms with Gasteiger partial charge in [-0.25, -0.2) is 4.98 Å². The van der Waals surface area contributed by atoms with Crippen molar-refractivity contribution in [2.45, 2.75) is 32.4 Å². The summed E-state index contributed by atoms with van der Waals surface area (Å²) in [6.07, 6.45) is 5.04. The molecular formula is C15H19N5O. The predicted octanol–water partition coefficient (Wildman–Crippen LogP) is 2.18. The number of hydrazine groups is 1. The summed E-state index contributed by atoms with van der Waals surface area (Å²) in [5.74, 6) is 6.67. The van der Waals surface area contributed by atoms with Crippen molar-refractivity contribution in [2.75, 3.05) is 0 Å². The number of furan rings is 1. The monoisotopic (exact) mass is 285 g/mol. The van der Waals surface area contributed by atoms with Crippen LogP contribution < -0.4 is 11.3 Å². The molecule has 110 valence electrons. The van der Waals surface area contributed by atoms with Gasteiger partial charge in [-0.1, -0.05) is 25.1 Å². The van der Waals surface area contributed by atoms with Crippen LogP contribution in [0.2, 0.25) is 0 Å². The van der Waals surface area contributed by atoms with E-state index in [0.717, 1.165) is 35.3 Å². The van der Waals surface area contributed by atoms with Crippen LogP contribution in [0.15, 0.2) is 41.3 Å². The van der Waals surface area contributed by atoms with Crippen molar-refractivity contribution < 1.29 is 4.42 Å². The quantitative estimate of drug-likeness (QED) is 0.536. The van der Waals surface area contributed by atoms with Gasteiger partial charge >= 0.3 is 0 Å². The Morgan fingerprint density at radius 2 is 2.24 bits per heavy atom. The molecule has 3 rings (SSSR count). The fourth-order valence-corrected chi connectivity index (χ4v) is 2.55. The number of fused-ring (bicyclic) bond motifs is 1. The lowest BCUT2D eigenvalue weighted by molar-refractivity contribution is 0.494. The van der Waals surface area contributed by atoms with E-state index in [1.54, 1.807) is 12.6 Å². The molecule has 21 heavy (non-hydrogen) atoms. The molecule has 6 nitrogen and oxygen atoms in total. The number of hydrogen-bond donors (Lipinski definition) is 2. The smallest absolute Gasteiger partial charge is 0.138 e. The summed E-state index contributed by atoms with van der Waals surface area (Å²) in [4.78, 5) is 4.34. The highest BCUT2D eigenvalue weighted by Crippen LogP contribution is 2.27. The fourth-order valence-electron chi connectivity index (χ4n) is 2.55. The summed E-state index contributed by atoms with van der Waals surface area (Å²) < 4.78 is 7.51. The van der Waals surface area contributed by atoms with Crippen LogP contribution in [0.4, 0.5) is 0 Å². The van der Waals surface area contributed by atoms with Gasteiger partial charge in [0.15, 0.2) is 0 Å². The van der Waals surface area contributed by atoms with E-state index < -0.39 is 0 Å². The number of para-hydroxylation sites is 1. The number of aryl methyl sites for hydroxylation is 1. The zero-order valence-electron chi connectivity index (χ0n) is 12.0. The average molecular weight is 285 g/mol. The van der Waals surface area contributed by atoms with Crippen LogP contribution in [0.5, 0.6) is 0 Å². The number of hydrogen-bond acceptors (Lipinski definition) is 5. The second-order valence-corrected chi connectivity index (χ2v) is 5.01. The van der Waals surface area contributed by atoms with Crippen LogP contribution in [0.3, 0.4) is 0 Å². The second kappa shape index (κ2) is 6.07. The Kier molecular flexibility index (Phi) is 3.98. The lowest BCUT2D eigenvalue weighted by Crippen LogP contribution is -2.30. The van der Waals surface area contributed by atoms with Crippen molar-refractivity contribution >= 4 is 11.0 Å². The van der Waals surface area contributed by atoms with Crippen LogP contribution in [0.25, 0.3) is 11.0 Å². The van der Waals surface area contributed by atoms with Crippen LogP contribution >= 0.6 is 0 Å². The Morgan fingerprint density at radius 3 is 3.05 bits per heavy atom. The minimum Gasteiger partial charge on any atom is -0.464 e. The van der Waals surface area contributed by atoms with Crippen molar-refractivity contribution in [3.63, 3.8) is 0 Å². The van der Waals surface area contributed by atoms with Gasteiger partial charge in [-0.05, 0) is 12.5 Å². The number of nitrogens with one attached hydrogen (secondary N) is 1. The Hall–Kier alpha value is -2.18. The number of rotatable bonds is 6. The normalized spacial score (nSPS) is 12.9. The van der Waals surface area contributed by atoms with Gasteiger partial charge in [0.1, 0.15) is 17.7 Å². The van der Waals surface area contributed by atoms with Gasteiger partial charge in [-0.15, -0.1) is 0 Å². The number of aromatic nitrogens is 3. The largest absolute Gasteiger partial charge is 0.464 e. The SMILES string of the molecule is CCCn1ncnc1CC(NN)c1coc2ccccc12. The maximum Gasteiger partial charge on any atom is 0.138 e. The van der Waals surface area contributed by atoms with Crippen molar-refractivity contribution in [1.82, 2.24) is 20.2 Å². The first-order valence-corrected chi connectivity index (χ1v) is 7.12. The molecule has 1 atom stereocenters. The molecule has 3 N–H and O–H groups in total. The molecule has 2 aromatic heterocycles. The van der Waals surface area contributed by atoms with E-state index in [0.29, 0.717) is 6.42 Å². The third-order valence-corrected chi connectivity index (χ3v) is 3.61. The molecule has 0 saturated heterocycles. The maximum atomic E-state index is 5.75. The highest BCUT2D eigenvalue weighted by molar-refractivity contribution is 5.81. The van der Waals surface area contributed by atoms with Crippen molar-refractivity contribution in [1.29, 1.82) is 0 Å². The molecule has 0 spiro atoms. The molecule has 2 heterocycles. The van der Waals surface area contributed by atoms with Gasteiger partial charge in [0, 0.05) is 23.9 Å². The van der Waals surface area contributed by atoms with Crippen molar-refractivity contribution in [3.8, 4) is 0 Å². The Labute approximate surface area is 122 Å². The van der Waals surface area contributed by atoms with Crippen LogP contribution in [-0.4, -0.2) is 14.8 Å². The van der Waals surface area contributed by atoms with E-state index in [-0.39, 0.29) is 6.04 Å². The van der Waals surface area contributed by atoms with E-state index in [1.165, 1.54) is 0 Å². The lowest BCUT2D eigenvalue weighted by atomic mass is 10.0. The lowest BCUT2D eigenvalue weighted by Gasteiger charge is -2.14. The summed E-state index contributed by atoms with van der Waals surface area (Å²) in [7, 11) is 0. The molecule has 0 aliphatic heterocycles. The highest BCUT2D eigenvalue weighted by atomic mass is 16.3. The van der Waals surface area contributed by atoms with E-state index in [1.807, 2.05) is 28.9 Å². The Balaban J connectivity index is 1.90. The van der Waals surface area contributed by atoms with Crippen molar-refractivity contribution in [2.24, 2.45) is 5.84 Å². The highest BCUT2D eigenvalue weighted by Gasteiger charge is 2.18. The predicted molar refractivity (Wildman–Crippen MR) is 80.3 cm³/mol. The summed E-state index contributed by atoms with van der Waals surface area (Å²) in [6.45, 7) is 2.98. The van der Waals surface area contributed by atoms with E-state index in [9.17, 15) is 0 Å². The molecule has 6 heteroatoms. The van der Waals surface area contributed by atoms with Crippen molar-refractivity contribution in [3.05, 3.63) is 48.2 Å². The van der Waals surface area contributed by atoms with E-state index in [2.05, 4.69) is 22.4 Å². The van der Waals surface area contributed by atoms with Gasteiger partial charge in [0.2, 0.25) is 0 Å². The minimum absolute atomic E-state index is 0.0616. The average Bonchev–Trinajstić information content (AvgIpc) is 3.12. The molecule has 0 radical (unpaired) electrons. The first-order chi connectivity index (χ1) is 10.3. The van der Waals surface area contributed by atoms with E-state index >= 15 is 0 Å². The standard InChI is InChI=1S/C15H19N5O/c1-2-7-20-15(17-10-18-20)8-13(19-16)12-9-21-14-6-4-3-5-11(12)14/h3-6,9-10,13,19H,2,7-8,16H2,1H3. The zero-order chi connectivity index (χ0) is 14.7. The van der Waals surface area contributed by atoms with Crippen LogP contribution in [-0.2, 0) is 13.0 Å². The molecule has 3 aromatic rings. The molecular weight excluding hydrogens is 266 g/mol. The molecule has 0 bridgehead atoms. The molecule has 0 saturated carbocycles. The first-order valence-electron chi connectivity index (χ1n) is 7.12. The summed E-state index contributed by atoms with van der Waals surface area (Å²) >= 11 is 0. The fraction of sp³-hybridized carbons (Fsp3) is 0.333. The van der Waals surface area contributed by atoms with Gasteiger partial charge in [-0.2, -0.15) is 5.10 Å². The number of nitrogens with zero attached hydrogens (tertiary/aromatic N) is 3. The zero-order valence-corrected chi connectivity index (χ0v) is 12.0. The maximum absolute atomic E-state index is 5.75. The number of benzene rings is 1. The Morgan fingerprint density at radius 1 is 1.38 bits per heavy atom. The molecule has 1 aromatic carbocycles. The third-order valence-electron chi connectivity index (χ3n) is 3.61. The third kappa shape index (κ3) is 2.68. The second-order valence-electron chi connectivity index (χ2n) is 5.01. The van der Waals surface area contributed by atoms with E-state index in [4.69, 9.17) is 10.3 Å². The molecule has 0 amide bonds. The molecule has 1 unspecified atom stereocenters. The topological polar surface area (TPSA) is 81.9 Å². The van der Waals surface area contributed by atoms with Crippen LogP contribution in [0, 0.1) is 0 Å². The molecule has 0 aliphatic carbocycles. The summed E-state index contributed by atoms with van der Waals surface area (Å²) in [5.41, 5.74) is 4.77. The van der Waals surface area contributed by atoms with Gasteiger partial charge in [0.05, 0.1) is 12.3 Å². The minimum atomic E-state index is -0.0616. The summed E-state index contributed by atoms with van der Waals surface area (Å²) in [5, 5.41) is 5.32. The van der Waals surface area contributed by atoms with Crippen LogP contribution in [0.1, 0.15) is 30.8 Å². The molecule has 0 fully saturated rings. The summed E-state index contributed by atoms with van der Waals surface area (Å²) in [6, 6.07) is 7.88. The number of nitrogens with two attached hydrogens (primary N) is 1. The Bertz CT molecular complexity index is 718.